The van der Waals surface area contributed by atoms with Gasteiger partial charge in [0.25, 0.3) is 11.8 Å². The Morgan fingerprint density at radius 2 is 1.61 bits per heavy atom. The number of hydrogen-bond donors (Lipinski definition) is 2. The number of aromatic carboxylic acids is 1. The zero-order valence-electron chi connectivity index (χ0n) is 18.1. The number of ether oxygens (including phenoxy) is 1. The average molecular weight is 618 g/mol. The van der Waals surface area contributed by atoms with Gasteiger partial charge >= 0.3 is 12.0 Å². The van der Waals surface area contributed by atoms with E-state index in [1.54, 1.807) is 24.3 Å². The SMILES string of the molecule is O=C1NC(=O)N(c2ccc(F)cc2)C(=O)/C1=C/c1cc(Br)c(OCc2ccc(C(=O)O)cc2)c(Br)c1. The largest absolute Gasteiger partial charge is 0.487 e. The van der Waals surface area contributed by atoms with Crippen LogP contribution in [0, 0.1) is 5.82 Å². The highest BCUT2D eigenvalue weighted by molar-refractivity contribution is 9.11. The molecule has 182 valence electrons. The molecular weight excluding hydrogens is 603 g/mol. The molecule has 0 saturated carbocycles. The Balaban J connectivity index is 1.57. The third-order valence-corrected chi connectivity index (χ3v) is 6.28. The van der Waals surface area contributed by atoms with Crippen molar-refractivity contribution >= 4 is 67.4 Å². The highest BCUT2D eigenvalue weighted by Gasteiger charge is 2.36. The molecule has 8 nitrogen and oxygen atoms in total. The molecule has 0 unspecified atom stereocenters. The molecule has 1 aliphatic heterocycles. The molecule has 0 aromatic heterocycles. The number of imide groups is 2. The molecule has 36 heavy (non-hydrogen) atoms. The summed E-state index contributed by atoms with van der Waals surface area (Å²) in [6, 6.07) is 13.3. The van der Waals surface area contributed by atoms with Crippen LogP contribution in [0.1, 0.15) is 21.5 Å². The van der Waals surface area contributed by atoms with Gasteiger partial charge in [0, 0.05) is 0 Å². The van der Waals surface area contributed by atoms with E-state index in [2.05, 4.69) is 37.2 Å². The Labute approximate surface area is 220 Å². The van der Waals surface area contributed by atoms with Crippen molar-refractivity contribution in [3.8, 4) is 5.75 Å². The lowest BCUT2D eigenvalue weighted by Gasteiger charge is -2.26. The number of benzene rings is 3. The normalized spacial score (nSPS) is 14.7. The summed E-state index contributed by atoms with van der Waals surface area (Å²) in [5.41, 5.74) is 1.20. The molecule has 2 N–H and O–H groups in total. The molecule has 1 heterocycles. The number of anilines is 1. The van der Waals surface area contributed by atoms with Gasteiger partial charge in [-0.05, 0) is 97.6 Å². The lowest BCUT2D eigenvalue weighted by Crippen LogP contribution is -2.54. The first kappa shape index (κ1) is 25.3. The van der Waals surface area contributed by atoms with Gasteiger partial charge < -0.3 is 9.84 Å². The van der Waals surface area contributed by atoms with Gasteiger partial charge in [-0.1, -0.05) is 12.1 Å². The number of carboxylic acids is 1. The van der Waals surface area contributed by atoms with E-state index in [9.17, 15) is 23.6 Å². The van der Waals surface area contributed by atoms with E-state index in [1.807, 2.05) is 0 Å². The summed E-state index contributed by atoms with van der Waals surface area (Å²) in [6.45, 7) is 0.160. The molecule has 1 saturated heterocycles. The van der Waals surface area contributed by atoms with Gasteiger partial charge in [0.15, 0.2) is 0 Å². The molecule has 0 bridgehead atoms. The van der Waals surface area contributed by atoms with E-state index < -0.39 is 29.6 Å². The summed E-state index contributed by atoms with van der Waals surface area (Å²) in [7, 11) is 0. The maximum Gasteiger partial charge on any atom is 0.335 e. The van der Waals surface area contributed by atoms with E-state index in [0.717, 1.165) is 22.6 Å². The molecule has 0 spiro atoms. The quantitative estimate of drug-likeness (QED) is 0.287. The minimum Gasteiger partial charge on any atom is -0.487 e. The first-order valence-corrected chi connectivity index (χ1v) is 11.8. The molecule has 0 atom stereocenters. The summed E-state index contributed by atoms with van der Waals surface area (Å²) in [5.74, 6) is -2.83. The molecule has 3 aromatic rings. The summed E-state index contributed by atoms with van der Waals surface area (Å²) < 4.78 is 20.1. The average Bonchev–Trinajstić information content (AvgIpc) is 2.82. The van der Waals surface area contributed by atoms with Crippen LogP contribution < -0.4 is 15.0 Å². The number of carbonyl (C=O) groups excluding carboxylic acids is 3. The van der Waals surface area contributed by atoms with Crippen LogP contribution in [0.5, 0.6) is 5.75 Å². The number of rotatable bonds is 6. The second-order valence-corrected chi connectivity index (χ2v) is 9.25. The standard InChI is InChI=1S/C25H15Br2FN2O6/c26-19-10-14(11-20(27)21(19)36-12-13-1-3-15(4-2-13)24(33)34)9-18-22(31)29-25(35)30(23(18)32)17-7-5-16(28)6-8-17/h1-11H,12H2,(H,33,34)(H,29,31,35)/b18-9+. The first-order chi connectivity index (χ1) is 17.1. The zero-order chi connectivity index (χ0) is 26.0. The molecular formula is C25H15Br2FN2O6. The molecule has 4 rings (SSSR count). The summed E-state index contributed by atoms with van der Waals surface area (Å²) in [6.07, 6.45) is 1.32. The molecule has 3 aromatic carbocycles. The van der Waals surface area contributed by atoms with Gasteiger partial charge in [0.05, 0.1) is 20.2 Å². The zero-order valence-corrected chi connectivity index (χ0v) is 21.3. The Morgan fingerprint density at radius 3 is 2.19 bits per heavy atom. The highest BCUT2D eigenvalue weighted by atomic mass is 79.9. The van der Waals surface area contributed by atoms with Crippen molar-refractivity contribution in [2.75, 3.05) is 4.90 Å². The monoisotopic (exact) mass is 616 g/mol. The Hall–Kier alpha value is -3.83. The van der Waals surface area contributed by atoms with Crippen LogP contribution in [0.3, 0.4) is 0 Å². The van der Waals surface area contributed by atoms with E-state index >= 15 is 0 Å². The van der Waals surface area contributed by atoms with Crippen molar-refractivity contribution in [2.45, 2.75) is 6.61 Å². The summed E-state index contributed by atoms with van der Waals surface area (Å²) in [5, 5.41) is 11.1. The first-order valence-electron chi connectivity index (χ1n) is 10.2. The van der Waals surface area contributed by atoms with Crippen molar-refractivity contribution in [1.82, 2.24) is 5.32 Å². The number of nitrogens with one attached hydrogen (secondary N) is 1. The van der Waals surface area contributed by atoms with Crippen LogP contribution in [0.4, 0.5) is 14.9 Å². The predicted molar refractivity (Wildman–Crippen MR) is 135 cm³/mol. The fraction of sp³-hybridized carbons (Fsp3) is 0.0400. The van der Waals surface area contributed by atoms with Gasteiger partial charge in [0.2, 0.25) is 0 Å². The lowest BCUT2D eigenvalue weighted by molar-refractivity contribution is -0.122. The van der Waals surface area contributed by atoms with Crippen molar-refractivity contribution in [1.29, 1.82) is 0 Å². The number of halogens is 3. The van der Waals surface area contributed by atoms with Crippen LogP contribution >= 0.6 is 31.9 Å². The van der Waals surface area contributed by atoms with Gasteiger partial charge in [-0.2, -0.15) is 0 Å². The maximum absolute atomic E-state index is 13.3. The van der Waals surface area contributed by atoms with Crippen LogP contribution in [0.15, 0.2) is 75.2 Å². The minimum atomic E-state index is -1.02. The topological polar surface area (TPSA) is 113 Å². The maximum atomic E-state index is 13.3. The Morgan fingerprint density at radius 1 is 1.00 bits per heavy atom. The fourth-order valence-electron chi connectivity index (χ4n) is 3.35. The third kappa shape index (κ3) is 5.37. The number of urea groups is 1. The Bertz CT molecular complexity index is 1400. The van der Waals surface area contributed by atoms with Gasteiger partial charge in [-0.25, -0.2) is 18.9 Å². The third-order valence-electron chi connectivity index (χ3n) is 5.10. The van der Waals surface area contributed by atoms with E-state index in [4.69, 9.17) is 9.84 Å². The van der Waals surface area contributed by atoms with Crippen LogP contribution in [-0.2, 0) is 16.2 Å². The number of carbonyl (C=O) groups is 4. The number of nitrogens with zero attached hydrogens (tertiary/aromatic N) is 1. The molecule has 0 aliphatic carbocycles. The van der Waals surface area contributed by atoms with Gasteiger partial charge in [-0.15, -0.1) is 0 Å². The van der Waals surface area contributed by atoms with Crippen molar-refractivity contribution in [2.24, 2.45) is 0 Å². The van der Waals surface area contributed by atoms with E-state index in [-0.39, 0.29) is 23.4 Å². The van der Waals surface area contributed by atoms with E-state index in [1.165, 1.54) is 30.3 Å². The van der Waals surface area contributed by atoms with Crippen molar-refractivity contribution in [3.63, 3.8) is 0 Å². The lowest BCUT2D eigenvalue weighted by atomic mass is 10.1. The number of amides is 4. The highest BCUT2D eigenvalue weighted by Crippen LogP contribution is 2.36. The van der Waals surface area contributed by atoms with Crippen molar-refractivity contribution in [3.05, 3.63) is 97.7 Å². The van der Waals surface area contributed by atoms with E-state index in [0.29, 0.717) is 20.3 Å². The number of carboxylic acid groups (broad SMARTS) is 1. The van der Waals surface area contributed by atoms with Gasteiger partial charge in [-0.3, -0.25) is 14.9 Å². The van der Waals surface area contributed by atoms with Crippen LogP contribution in [0.25, 0.3) is 6.08 Å². The smallest absolute Gasteiger partial charge is 0.335 e. The summed E-state index contributed by atoms with van der Waals surface area (Å²) in [4.78, 5) is 49.4. The van der Waals surface area contributed by atoms with Crippen LogP contribution in [0.2, 0.25) is 0 Å². The molecule has 1 fully saturated rings. The number of hydrogen-bond acceptors (Lipinski definition) is 5. The molecule has 11 heteroatoms. The fourth-order valence-corrected chi connectivity index (χ4v) is 4.80. The second kappa shape index (κ2) is 10.4. The minimum absolute atomic E-state index is 0.111. The molecule has 0 radical (unpaired) electrons. The van der Waals surface area contributed by atoms with Crippen LogP contribution in [-0.4, -0.2) is 28.9 Å². The number of barbiturate groups is 1. The molecule has 1 aliphatic rings. The summed E-state index contributed by atoms with van der Waals surface area (Å²) >= 11 is 6.83. The Kier molecular flexibility index (Phi) is 7.32. The van der Waals surface area contributed by atoms with Gasteiger partial charge in [0.1, 0.15) is 23.7 Å². The molecule has 4 amide bonds. The predicted octanol–water partition coefficient (Wildman–Crippen LogP) is 5.29. The van der Waals surface area contributed by atoms with Crippen molar-refractivity contribution < 1.29 is 33.4 Å². The second-order valence-electron chi connectivity index (χ2n) is 7.54.